The topological polar surface area (TPSA) is 243 Å². The first-order valence-electron chi connectivity index (χ1n) is 16.5. The van der Waals surface area contributed by atoms with Crippen molar-refractivity contribution in [1.29, 1.82) is 0 Å². The number of hydrogen-bond donors (Lipinski definition) is 6. The van der Waals surface area contributed by atoms with Crippen LogP contribution in [0.25, 0.3) is 0 Å². The van der Waals surface area contributed by atoms with Crippen LogP contribution in [-0.2, 0) is 50.4 Å². The van der Waals surface area contributed by atoms with Gasteiger partial charge in [0.1, 0.15) is 21.9 Å². The highest BCUT2D eigenvalue weighted by Crippen LogP contribution is 2.40. The fourth-order valence-corrected chi connectivity index (χ4v) is 9.55. The minimum Gasteiger partial charge on any atom is -0.480 e. The number of rotatable bonds is 12. The van der Waals surface area contributed by atoms with Crippen molar-refractivity contribution in [3.05, 3.63) is 47.0 Å². The van der Waals surface area contributed by atoms with Crippen LogP contribution in [0.4, 0.5) is 11.4 Å². The van der Waals surface area contributed by atoms with E-state index in [1.54, 1.807) is 38.1 Å². The summed E-state index contributed by atoms with van der Waals surface area (Å²) in [5.41, 5.74) is 1.04. The number of ether oxygens (including phenoxy) is 1. The lowest BCUT2D eigenvalue weighted by Crippen LogP contribution is -2.56. The number of amides is 2. The number of hydrogen-bond acceptors (Lipinski definition) is 11. The Morgan fingerprint density at radius 2 is 1.82 bits per heavy atom. The Balaban J connectivity index is 1.21. The first-order valence-corrected chi connectivity index (χ1v) is 19.9. The van der Waals surface area contributed by atoms with Gasteiger partial charge in [0.25, 0.3) is 0 Å². The predicted molar refractivity (Wildman–Crippen MR) is 186 cm³/mol. The average molecular weight is 769 g/mol. The van der Waals surface area contributed by atoms with E-state index in [0.717, 1.165) is 37.8 Å². The zero-order valence-corrected chi connectivity index (χ0v) is 30.3. The van der Waals surface area contributed by atoms with E-state index in [1.165, 1.54) is 4.90 Å². The van der Waals surface area contributed by atoms with Crippen molar-refractivity contribution in [3.63, 3.8) is 0 Å². The highest BCUT2D eigenvalue weighted by atomic mass is 35.5. The summed E-state index contributed by atoms with van der Waals surface area (Å²) in [7, 11) is -8.53. The molecule has 2 amide bonds. The van der Waals surface area contributed by atoms with E-state index in [1.807, 2.05) is 0 Å². The Kier molecular flexibility index (Phi) is 11.6. The Hall–Kier alpha value is -3.81. The number of carbonyl (C=O) groups excluding carboxylic acids is 3. The smallest absolute Gasteiger partial charge is 0.326 e. The fourth-order valence-electron chi connectivity index (χ4n) is 7.05. The van der Waals surface area contributed by atoms with Gasteiger partial charge in [0.15, 0.2) is 0 Å². The molecule has 1 saturated carbocycles. The quantitative estimate of drug-likeness (QED) is 0.169. The van der Waals surface area contributed by atoms with Crippen molar-refractivity contribution >= 4 is 66.8 Å². The molecular weight excluding hydrogens is 728 g/mol. The molecule has 0 bridgehead atoms. The lowest BCUT2D eigenvalue weighted by atomic mass is 9.84. The van der Waals surface area contributed by atoms with E-state index >= 15 is 0 Å². The number of carbonyl (C=O) groups is 4. The lowest BCUT2D eigenvalue weighted by molar-refractivity contribution is -0.151. The van der Waals surface area contributed by atoms with Gasteiger partial charge in [0.2, 0.25) is 31.9 Å². The number of sulfonamides is 2. The molecule has 0 spiro atoms. The second kappa shape index (κ2) is 15.4. The van der Waals surface area contributed by atoms with Gasteiger partial charge in [-0.05, 0) is 75.3 Å². The summed E-state index contributed by atoms with van der Waals surface area (Å²) in [6.45, 7) is 3.39. The van der Waals surface area contributed by atoms with Crippen molar-refractivity contribution in [3.8, 4) is 0 Å². The largest absolute Gasteiger partial charge is 0.480 e. The standard InChI is InChI=1S/C32H41ClN6O10S2/c1-3-49-32(44)23(35-17(2)30(41)39-24-7-5-4-6-19(24)13-25(39)31(42)43)12-18-8-10-20(11-9-18)36-29(40)16-28-37-22-14-21(33)26(50(34,45)46)15-27(22)51(47,48)38-28/h8-11,14-15,17,19,23-25,28,35,37-38H,3-7,12-13,16H2,1-2H3,(H,36,40)(H,42,43)(H2,34,45,46)/t17?,19-,23+,24-,25+,28+/m1/s1. The molecule has 5 rings (SSSR count). The number of anilines is 2. The zero-order valence-electron chi connectivity index (χ0n) is 27.9. The van der Waals surface area contributed by atoms with Crippen molar-refractivity contribution in [2.24, 2.45) is 11.1 Å². The van der Waals surface area contributed by atoms with Crippen LogP contribution in [0.2, 0.25) is 5.02 Å². The van der Waals surface area contributed by atoms with E-state index in [2.05, 4.69) is 20.7 Å². The summed E-state index contributed by atoms with van der Waals surface area (Å²) in [5, 5.41) is 23.3. The summed E-state index contributed by atoms with van der Waals surface area (Å²) in [5.74, 6) is -2.40. The first-order chi connectivity index (χ1) is 24.0. The molecule has 2 aromatic rings. The van der Waals surface area contributed by atoms with Gasteiger partial charge in [0, 0.05) is 11.7 Å². The van der Waals surface area contributed by atoms with Crippen LogP contribution in [0.1, 0.15) is 57.9 Å². The van der Waals surface area contributed by atoms with Gasteiger partial charge in [-0.1, -0.05) is 36.6 Å². The van der Waals surface area contributed by atoms with Gasteiger partial charge in [-0.3, -0.25) is 19.7 Å². The molecule has 19 heteroatoms. The minimum absolute atomic E-state index is 0.00519. The minimum atomic E-state index is -4.30. The SMILES string of the molecule is CCOC(=O)[C@H](Cc1ccc(NC(=O)C[C@H]2Nc3cc(Cl)c(S(N)(=O)=O)cc3S(=O)(=O)N2)cc1)NC(C)C(=O)N1[C@@H]2CCCC[C@@H]2C[C@H]1C(=O)O. The maximum Gasteiger partial charge on any atom is 0.326 e. The highest BCUT2D eigenvalue weighted by molar-refractivity contribution is 7.90. The molecule has 3 aliphatic rings. The van der Waals surface area contributed by atoms with Crippen molar-refractivity contribution in [2.45, 2.75) is 98.9 Å². The summed E-state index contributed by atoms with van der Waals surface area (Å²) >= 11 is 6.02. The predicted octanol–water partition coefficient (Wildman–Crippen LogP) is 1.74. The van der Waals surface area contributed by atoms with Crippen molar-refractivity contribution in [2.75, 3.05) is 17.2 Å². The van der Waals surface area contributed by atoms with E-state index in [4.69, 9.17) is 21.5 Å². The molecule has 2 aliphatic heterocycles. The van der Waals surface area contributed by atoms with Gasteiger partial charge < -0.3 is 25.4 Å². The number of nitrogens with two attached hydrogens (primary N) is 1. The van der Waals surface area contributed by atoms with Crippen LogP contribution in [0.5, 0.6) is 0 Å². The number of esters is 1. The molecule has 2 heterocycles. The molecule has 16 nitrogen and oxygen atoms in total. The van der Waals surface area contributed by atoms with Gasteiger partial charge in [-0.25, -0.2) is 26.8 Å². The second-order valence-electron chi connectivity index (χ2n) is 12.9. The molecule has 6 atom stereocenters. The van der Waals surface area contributed by atoms with Crippen LogP contribution in [0, 0.1) is 5.92 Å². The average Bonchev–Trinajstić information content (AvgIpc) is 3.44. The van der Waals surface area contributed by atoms with Crippen molar-refractivity contribution in [1.82, 2.24) is 14.9 Å². The number of halogens is 1. The third-order valence-corrected chi connectivity index (χ3v) is 12.2. The van der Waals surface area contributed by atoms with Crippen LogP contribution in [0.15, 0.2) is 46.2 Å². The number of carboxylic acid groups (broad SMARTS) is 1. The number of nitrogens with one attached hydrogen (secondary N) is 4. The number of primary sulfonamides is 1. The maximum absolute atomic E-state index is 13.7. The summed E-state index contributed by atoms with van der Waals surface area (Å²) in [6, 6.07) is 5.63. The van der Waals surface area contributed by atoms with E-state index in [0.29, 0.717) is 17.7 Å². The highest BCUT2D eigenvalue weighted by Gasteiger charge is 2.48. The summed E-state index contributed by atoms with van der Waals surface area (Å²) in [6.07, 6.45) is 2.67. The van der Waals surface area contributed by atoms with Gasteiger partial charge in [0.05, 0.1) is 35.9 Å². The summed E-state index contributed by atoms with van der Waals surface area (Å²) in [4.78, 5) is 52.1. The molecule has 0 aromatic heterocycles. The van der Waals surface area contributed by atoms with Crippen LogP contribution in [-0.4, -0.2) is 87.5 Å². The maximum atomic E-state index is 13.7. The lowest BCUT2D eigenvalue weighted by Gasteiger charge is -2.35. The van der Waals surface area contributed by atoms with Gasteiger partial charge >= 0.3 is 11.9 Å². The fraction of sp³-hybridized carbons (Fsp3) is 0.500. The molecular formula is C32H41ClN6O10S2. The number of fused-ring (bicyclic) bond motifs is 2. The third kappa shape index (κ3) is 8.81. The monoisotopic (exact) mass is 768 g/mol. The number of carboxylic acids is 1. The van der Waals surface area contributed by atoms with E-state index in [-0.39, 0.29) is 48.0 Å². The molecule has 0 radical (unpaired) electrons. The normalized spacial score (nSPS) is 23.6. The van der Waals surface area contributed by atoms with E-state index < -0.39 is 72.0 Å². The molecule has 1 unspecified atom stereocenters. The van der Waals surface area contributed by atoms with Gasteiger partial charge in [-0.15, -0.1) is 0 Å². The Morgan fingerprint density at radius 1 is 1.14 bits per heavy atom. The van der Waals surface area contributed by atoms with Crippen LogP contribution >= 0.6 is 11.6 Å². The molecule has 51 heavy (non-hydrogen) atoms. The molecule has 278 valence electrons. The van der Waals surface area contributed by atoms with Gasteiger partial charge in [-0.2, -0.15) is 4.72 Å². The van der Waals surface area contributed by atoms with Crippen LogP contribution in [0.3, 0.4) is 0 Å². The summed E-state index contributed by atoms with van der Waals surface area (Å²) < 4.78 is 56.9. The zero-order chi connectivity index (χ0) is 37.2. The first kappa shape index (κ1) is 38.4. The number of aliphatic carboxylic acids is 1. The Bertz CT molecular complexity index is 1910. The molecule has 2 fully saturated rings. The Labute approximate surface area is 300 Å². The number of benzene rings is 2. The second-order valence-corrected chi connectivity index (χ2v) is 16.6. The van der Waals surface area contributed by atoms with Crippen molar-refractivity contribution < 1.29 is 45.9 Å². The Morgan fingerprint density at radius 3 is 2.47 bits per heavy atom. The molecule has 1 saturated heterocycles. The number of nitrogens with zero attached hydrogens (tertiary/aromatic N) is 1. The molecule has 1 aliphatic carbocycles. The molecule has 7 N–H and O–H groups in total. The third-order valence-electron chi connectivity index (χ3n) is 9.34. The number of likely N-dealkylation sites (tertiary alicyclic amines) is 1. The van der Waals surface area contributed by atoms with Crippen LogP contribution < -0.4 is 25.8 Å². The van der Waals surface area contributed by atoms with E-state index in [9.17, 15) is 41.1 Å². The molecule has 2 aromatic carbocycles.